The fraction of sp³-hybridized carbons (Fsp3) is 0.160. The van der Waals surface area contributed by atoms with Crippen LogP contribution in [0.5, 0.6) is 5.75 Å². The van der Waals surface area contributed by atoms with Crippen molar-refractivity contribution in [3.05, 3.63) is 98.9 Å². The van der Waals surface area contributed by atoms with Gasteiger partial charge in [0.05, 0.1) is 10.0 Å². The molecule has 1 aromatic heterocycles. The number of aromatic hydroxyl groups is 1. The highest BCUT2D eigenvalue weighted by Gasteiger charge is 2.24. The first kappa shape index (κ1) is 22.8. The van der Waals surface area contributed by atoms with Gasteiger partial charge in [0.2, 0.25) is 5.82 Å². The van der Waals surface area contributed by atoms with E-state index in [0.29, 0.717) is 18.7 Å². The average molecular weight is 482 g/mol. The van der Waals surface area contributed by atoms with Crippen LogP contribution < -0.4 is 0 Å². The Kier molecular flexibility index (Phi) is 6.67. The lowest BCUT2D eigenvalue weighted by Crippen LogP contribution is -2.30. The largest absolute Gasteiger partial charge is 0.505 e. The fourth-order valence-corrected chi connectivity index (χ4v) is 4.01. The lowest BCUT2D eigenvalue weighted by molar-refractivity contribution is 0.0679. The van der Waals surface area contributed by atoms with Gasteiger partial charge in [0.25, 0.3) is 0 Å². The molecule has 8 heteroatoms. The Morgan fingerprint density at radius 2 is 1.48 bits per heavy atom. The van der Waals surface area contributed by atoms with Gasteiger partial charge in [-0.2, -0.15) is 4.98 Å². The maximum atomic E-state index is 13.4. The van der Waals surface area contributed by atoms with Crippen molar-refractivity contribution in [2.45, 2.75) is 26.9 Å². The zero-order valence-corrected chi connectivity index (χ0v) is 19.6. The van der Waals surface area contributed by atoms with Gasteiger partial charge in [0.1, 0.15) is 0 Å². The van der Waals surface area contributed by atoms with Gasteiger partial charge in [0.15, 0.2) is 5.75 Å². The van der Waals surface area contributed by atoms with Crippen LogP contribution in [0.3, 0.4) is 0 Å². The molecule has 1 heterocycles. The third-order valence-electron chi connectivity index (χ3n) is 5.08. The Morgan fingerprint density at radius 1 is 0.939 bits per heavy atom. The summed E-state index contributed by atoms with van der Waals surface area (Å²) in [5.74, 6) is -0.629. The second kappa shape index (κ2) is 9.65. The van der Waals surface area contributed by atoms with Gasteiger partial charge in [-0.1, -0.05) is 88.0 Å². The Balaban J connectivity index is 1.64. The molecule has 0 fully saturated rings. The summed E-state index contributed by atoms with van der Waals surface area (Å²) in [6, 6.07) is 18.9. The standard InChI is InChI=1S/C25H21Cl2N3O3/c1-15-5-3-7-17(9-15)13-30(14-18-8-4-6-16(2)10-18)25(32)24-28-23(29-33-24)19-11-20(26)22(31)21(27)12-19/h3-12,31H,13-14H2,1-2H3. The molecular formula is C25H21Cl2N3O3. The highest BCUT2D eigenvalue weighted by Crippen LogP contribution is 2.35. The molecule has 0 saturated heterocycles. The van der Waals surface area contributed by atoms with E-state index in [0.717, 1.165) is 22.3 Å². The van der Waals surface area contributed by atoms with Crippen molar-refractivity contribution < 1.29 is 14.4 Å². The molecule has 168 valence electrons. The summed E-state index contributed by atoms with van der Waals surface area (Å²) in [6.07, 6.45) is 0. The maximum Gasteiger partial charge on any atom is 0.316 e. The van der Waals surface area contributed by atoms with E-state index in [1.807, 2.05) is 62.4 Å². The van der Waals surface area contributed by atoms with E-state index in [2.05, 4.69) is 10.1 Å². The zero-order valence-electron chi connectivity index (χ0n) is 18.0. The summed E-state index contributed by atoms with van der Waals surface area (Å²) in [6.45, 7) is 4.77. The zero-order chi connectivity index (χ0) is 23.5. The second-order valence-corrected chi connectivity index (χ2v) is 8.67. The van der Waals surface area contributed by atoms with Gasteiger partial charge < -0.3 is 14.5 Å². The predicted molar refractivity (Wildman–Crippen MR) is 127 cm³/mol. The molecule has 0 saturated carbocycles. The third kappa shape index (κ3) is 5.35. The lowest BCUT2D eigenvalue weighted by Gasteiger charge is -2.21. The van der Waals surface area contributed by atoms with Crippen LogP contribution in [-0.4, -0.2) is 26.1 Å². The van der Waals surface area contributed by atoms with Gasteiger partial charge in [0, 0.05) is 18.7 Å². The number of aryl methyl sites for hydroxylation is 2. The van der Waals surface area contributed by atoms with Gasteiger partial charge in [-0.3, -0.25) is 4.79 Å². The minimum absolute atomic E-state index is 0.0516. The normalized spacial score (nSPS) is 10.9. The number of carbonyl (C=O) groups is 1. The summed E-state index contributed by atoms with van der Waals surface area (Å²) in [7, 11) is 0. The molecule has 0 spiro atoms. The van der Waals surface area contributed by atoms with Crippen LogP contribution in [0.4, 0.5) is 0 Å². The van der Waals surface area contributed by atoms with E-state index < -0.39 is 5.91 Å². The molecule has 1 N–H and O–H groups in total. The minimum atomic E-state index is -0.396. The highest BCUT2D eigenvalue weighted by molar-refractivity contribution is 6.37. The summed E-state index contributed by atoms with van der Waals surface area (Å²) in [5, 5.41) is 13.8. The number of phenolic OH excluding ortho intramolecular Hbond substituents is 1. The molecule has 33 heavy (non-hydrogen) atoms. The molecule has 3 aromatic carbocycles. The van der Waals surface area contributed by atoms with Crippen LogP contribution in [0, 0.1) is 13.8 Å². The first-order chi connectivity index (χ1) is 15.8. The van der Waals surface area contributed by atoms with Crippen LogP contribution in [0.2, 0.25) is 10.0 Å². The third-order valence-corrected chi connectivity index (χ3v) is 5.66. The van der Waals surface area contributed by atoms with Crippen LogP contribution in [0.25, 0.3) is 11.4 Å². The number of hydrogen-bond acceptors (Lipinski definition) is 5. The minimum Gasteiger partial charge on any atom is -0.505 e. The van der Waals surface area contributed by atoms with Crippen LogP contribution in [0.15, 0.2) is 65.2 Å². The van der Waals surface area contributed by atoms with Crippen molar-refractivity contribution in [2.24, 2.45) is 0 Å². The molecule has 4 rings (SSSR count). The topological polar surface area (TPSA) is 79.5 Å². The van der Waals surface area contributed by atoms with Crippen molar-refractivity contribution in [1.82, 2.24) is 15.0 Å². The van der Waals surface area contributed by atoms with E-state index in [-0.39, 0.29) is 27.5 Å². The lowest BCUT2D eigenvalue weighted by atomic mass is 10.1. The number of benzene rings is 3. The molecule has 0 bridgehead atoms. The van der Waals surface area contributed by atoms with Crippen LogP contribution in [-0.2, 0) is 13.1 Å². The van der Waals surface area contributed by atoms with Crippen LogP contribution in [0.1, 0.15) is 32.9 Å². The number of amides is 1. The molecule has 0 aliphatic heterocycles. The van der Waals surface area contributed by atoms with E-state index in [1.54, 1.807) is 4.90 Å². The molecule has 0 radical (unpaired) electrons. The quantitative estimate of drug-likeness (QED) is 0.354. The first-order valence-electron chi connectivity index (χ1n) is 10.2. The molecule has 1 amide bonds. The molecule has 0 aliphatic carbocycles. The van der Waals surface area contributed by atoms with Crippen LogP contribution >= 0.6 is 23.2 Å². The van der Waals surface area contributed by atoms with Crippen molar-refractivity contribution in [1.29, 1.82) is 0 Å². The van der Waals surface area contributed by atoms with Crippen molar-refractivity contribution in [2.75, 3.05) is 0 Å². The number of phenols is 1. The maximum absolute atomic E-state index is 13.4. The number of aromatic nitrogens is 2. The average Bonchev–Trinajstić information content (AvgIpc) is 3.27. The Morgan fingerprint density at radius 3 is 2.00 bits per heavy atom. The van der Waals surface area contributed by atoms with Crippen molar-refractivity contribution in [3.63, 3.8) is 0 Å². The Bertz CT molecular complexity index is 1250. The first-order valence-corrected chi connectivity index (χ1v) is 11.0. The monoisotopic (exact) mass is 481 g/mol. The molecule has 6 nitrogen and oxygen atoms in total. The van der Waals surface area contributed by atoms with Crippen molar-refractivity contribution in [3.8, 4) is 17.1 Å². The molecule has 0 aliphatic rings. The summed E-state index contributed by atoms with van der Waals surface area (Å²) < 4.78 is 5.29. The SMILES string of the molecule is Cc1cccc(CN(Cc2cccc(C)c2)C(=O)c2nc(-c3cc(Cl)c(O)c(Cl)c3)no2)c1. The van der Waals surface area contributed by atoms with E-state index in [4.69, 9.17) is 27.7 Å². The van der Waals surface area contributed by atoms with Gasteiger partial charge in [-0.05, 0) is 37.1 Å². The summed E-state index contributed by atoms with van der Waals surface area (Å²) in [4.78, 5) is 19.3. The van der Waals surface area contributed by atoms with Gasteiger partial charge in [-0.15, -0.1) is 0 Å². The number of rotatable bonds is 6. The van der Waals surface area contributed by atoms with Gasteiger partial charge >= 0.3 is 11.8 Å². The van der Waals surface area contributed by atoms with Crippen molar-refractivity contribution >= 4 is 29.1 Å². The fourth-order valence-electron chi connectivity index (χ4n) is 3.52. The molecular weight excluding hydrogens is 461 g/mol. The second-order valence-electron chi connectivity index (χ2n) is 7.85. The number of carbonyl (C=O) groups excluding carboxylic acids is 1. The molecule has 0 unspecified atom stereocenters. The molecule has 4 aromatic rings. The summed E-state index contributed by atoms with van der Waals surface area (Å²) in [5.41, 5.74) is 4.63. The number of halogens is 2. The predicted octanol–water partition coefficient (Wildman–Crippen LogP) is 6.21. The number of nitrogens with zero attached hydrogens (tertiary/aromatic N) is 3. The Hall–Kier alpha value is -3.35. The van der Waals surface area contributed by atoms with E-state index in [9.17, 15) is 9.90 Å². The van der Waals surface area contributed by atoms with E-state index >= 15 is 0 Å². The molecule has 0 atom stereocenters. The summed E-state index contributed by atoms with van der Waals surface area (Å²) >= 11 is 12.0. The Labute approximate surface area is 201 Å². The van der Waals surface area contributed by atoms with E-state index in [1.165, 1.54) is 12.1 Å². The smallest absolute Gasteiger partial charge is 0.316 e. The van der Waals surface area contributed by atoms with Gasteiger partial charge in [-0.25, -0.2) is 0 Å². The number of hydrogen-bond donors (Lipinski definition) is 1. The highest BCUT2D eigenvalue weighted by atomic mass is 35.5.